The Labute approximate surface area is 80.4 Å². The minimum atomic E-state index is 0.597. The van der Waals surface area contributed by atoms with Gasteiger partial charge < -0.3 is 4.74 Å². The normalized spacial score (nSPS) is 10.5. The summed E-state index contributed by atoms with van der Waals surface area (Å²) in [5.74, 6) is 0.788. The molecular formula is C9H10BrNO. The van der Waals surface area contributed by atoms with E-state index in [0.717, 1.165) is 10.4 Å². The molecule has 0 aromatic carbocycles. The van der Waals surface area contributed by atoms with Gasteiger partial charge in [0.05, 0.1) is 6.20 Å². The zero-order chi connectivity index (χ0) is 8.81. The molecule has 0 aliphatic heterocycles. The average molecular weight is 228 g/mol. The van der Waals surface area contributed by atoms with Crippen molar-refractivity contribution in [3.63, 3.8) is 0 Å². The number of hydrogen-bond donors (Lipinski definition) is 0. The average Bonchev–Trinajstić information content (AvgIpc) is 2.09. The van der Waals surface area contributed by atoms with E-state index in [1.807, 2.05) is 31.2 Å². The first-order chi connectivity index (χ1) is 5.83. The molecule has 0 radical (unpaired) electrons. The van der Waals surface area contributed by atoms with Crippen LogP contribution >= 0.6 is 15.9 Å². The first-order valence-electron chi connectivity index (χ1n) is 3.68. The van der Waals surface area contributed by atoms with Gasteiger partial charge in [0, 0.05) is 0 Å². The van der Waals surface area contributed by atoms with Crippen molar-refractivity contribution in [3.05, 3.63) is 35.1 Å². The molecule has 0 aliphatic rings. The Morgan fingerprint density at radius 2 is 2.42 bits per heavy atom. The second kappa shape index (κ2) is 4.93. The van der Waals surface area contributed by atoms with E-state index in [1.54, 1.807) is 6.20 Å². The molecule has 0 unspecified atom stereocenters. The summed E-state index contributed by atoms with van der Waals surface area (Å²) >= 11 is 3.25. The molecule has 64 valence electrons. The maximum absolute atomic E-state index is 5.33. The highest BCUT2D eigenvalue weighted by atomic mass is 79.9. The predicted molar refractivity (Wildman–Crippen MR) is 52.2 cm³/mol. The van der Waals surface area contributed by atoms with Gasteiger partial charge in [-0.15, -0.1) is 0 Å². The van der Waals surface area contributed by atoms with Gasteiger partial charge in [0.1, 0.15) is 17.0 Å². The van der Waals surface area contributed by atoms with Crippen LogP contribution in [-0.4, -0.2) is 11.6 Å². The molecule has 3 heteroatoms. The lowest BCUT2D eigenvalue weighted by molar-refractivity contribution is 0.361. The minimum Gasteiger partial charge on any atom is -0.488 e. The largest absolute Gasteiger partial charge is 0.488 e. The molecule has 0 spiro atoms. The highest BCUT2D eigenvalue weighted by Crippen LogP contribution is 2.12. The predicted octanol–water partition coefficient (Wildman–Crippen LogP) is 2.80. The Morgan fingerprint density at radius 1 is 1.58 bits per heavy atom. The Balaban J connectivity index is 2.47. The molecule has 0 N–H and O–H groups in total. The van der Waals surface area contributed by atoms with Crippen LogP contribution in [0.2, 0.25) is 0 Å². The highest BCUT2D eigenvalue weighted by Gasteiger charge is 1.91. The lowest BCUT2D eigenvalue weighted by Gasteiger charge is -2.00. The highest BCUT2D eigenvalue weighted by molar-refractivity contribution is 9.10. The molecule has 0 atom stereocenters. The summed E-state index contributed by atoms with van der Waals surface area (Å²) in [6.45, 7) is 2.56. The number of rotatable bonds is 3. The van der Waals surface area contributed by atoms with Gasteiger partial charge in [-0.2, -0.15) is 0 Å². The molecular weight excluding hydrogens is 218 g/mol. The third-order valence-electron chi connectivity index (χ3n) is 1.28. The van der Waals surface area contributed by atoms with Crippen molar-refractivity contribution < 1.29 is 4.74 Å². The number of ether oxygens (including phenoxy) is 1. The van der Waals surface area contributed by atoms with Crippen LogP contribution in [0.1, 0.15) is 6.92 Å². The fourth-order valence-corrected chi connectivity index (χ4v) is 0.923. The van der Waals surface area contributed by atoms with Crippen LogP contribution < -0.4 is 4.74 Å². The Morgan fingerprint density at radius 3 is 3.00 bits per heavy atom. The summed E-state index contributed by atoms with van der Waals surface area (Å²) in [6, 6.07) is 3.73. The lowest BCUT2D eigenvalue weighted by Crippen LogP contribution is -1.93. The molecule has 1 aromatic heterocycles. The van der Waals surface area contributed by atoms with E-state index in [-0.39, 0.29) is 0 Å². The second-order valence-corrected chi connectivity index (χ2v) is 3.01. The SMILES string of the molecule is C/C=C/COc1ccc(Br)nc1. The van der Waals surface area contributed by atoms with Crippen molar-refractivity contribution >= 4 is 15.9 Å². The van der Waals surface area contributed by atoms with E-state index < -0.39 is 0 Å². The van der Waals surface area contributed by atoms with Crippen molar-refractivity contribution in [3.8, 4) is 5.75 Å². The van der Waals surface area contributed by atoms with E-state index in [0.29, 0.717) is 6.61 Å². The number of halogens is 1. The fraction of sp³-hybridized carbons (Fsp3) is 0.222. The van der Waals surface area contributed by atoms with Gasteiger partial charge in [0.25, 0.3) is 0 Å². The van der Waals surface area contributed by atoms with Crippen molar-refractivity contribution in [1.29, 1.82) is 0 Å². The molecule has 0 amide bonds. The molecule has 0 saturated heterocycles. The first kappa shape index (κ1) is 9.26. The third-order valence-corrected chi connectivity index (χ3v) is 1.75. The summed E-state index contributed by atoms with van der Waals surface area (Å²) in [6.07, 6.45) is 5.59. The summed E-state index contributed by atoms with van der Waals surface area (Å²) in [5.41, 5.74) is 0. The molecule has 12 heavy (non-hydrogen) atoms. The van der Waals surface area contributed by atoms with Gasteiger partial charge in [-0.3, -0.25) is 0 Å². The van der Waals surface area contributed by atoms with Gasteiger partial charge in [-0.05, 0) is 35.0 Å². The molecule has 2 nitrogen and oxygen atoms in total. The number of allylic oxidation sites excluding steroid dienone is 1. The molecule has 1 aromatic rings. The molecule has 1 heterocycles. The first-order valence-corrected chi connectivity index (χ1v) is 4.47. The maximum atomic E-state index is 5.33. The maximum Gasteiger partial charge on any atom is 0.138 e. The van der Waals surface area contributed by atoms with Crippen molar-refractivity contribution in [2.45, 2.75) is 6.92 Å². The molecule has 1 rings (SSSR count). The number of hydrogen-bond acceptors (Lipinski definition) is 2. The van der Waals surface area contributed by atoms with Crippen molar-refractivity contribution in [2.75, 3.05) is 6.61 Å². The lowest BCUT2D eigenvalue weighted by atomic mass is 10.4. The fourth-order valence-electron chi connectivity index (χ4n) is 0.688. The summed E-state index contributed by atoms with van der Waals surface area (Å²) in [7, 11) is 0. The van der Waals surface area contributed by atoms with E-state index in [2.05, 4.69) is 20.9 Å². The smallest absolute Gasteiger partial charge is 0.138 e. The van der Waals surface area contributed by atoms with Crippen LogP contribution in [0.15, 0.2) is 35.1 Å². The molecule has 0 aliphatic carbocycles. The Hall–Kier alpha value is -0.830. The summed E-state index contributed by atoms with van der Waals surface area (Å²) in [5, 5.41) is 0. The summed E-state index contributed by atoms with van der Waals surface area (Å²) < 4.78 is 6.15. The van der Waals surface area contributed by atoms with Gasteiger partial charge >= 0.3 is 0 Å². The molecule has 0 saturated carbocycles. The number of pyridine rings is 1. The number of aromatic nitrogens is 1. The van der Waals surface area contributed by atoms with Crippen LogP contribution in [0.4, 0.5) is 0 Å². The van der Waals surface area contributed by atoms with Crippen molar-refractivity contribution in [1.82, 2.24) is 4.98 Å². The van der Waals surface area contributed by atoms with E-state index in [1.165, 1.54) is 0 Å². The van der Waals surface area contributed by atoms with Crippen LogP contribution in [0.25, 0.3) is 0 Å². The summed E-state index contributed by atoms with van der Waals surface area (Å²) in [4.78, 5) is 4.03. The van der Waals surface area contributed by atoms with Gasteiger partial charge in [0.2, 0.25) is 0 Å². The third kappa shape index (κ3) is 3.05. The zero-order valence-electron chi connectivity index (χ0n) is 6.83. The van der Waals surface area contributed by atoms with E-state index in [9.17, 15) is 0 Å². The monoisotopic (exact) mass is 227 g/mol. The van der Waals surface area contributed by atoms with Crippen molar-refractivity contribution in [2.24, 2.45) is 0 Å². The van der Waals surface area contributed by atoms with Crippen LogP contribution in [0.5, 0.6) is 5.75 Å². The second-order valence-electron chi connectivity index (χ2n) is 2.20. The van der Waals surface area contributed by atoms with Gasteiger partial charge in [0.15, 0.2) is 0 Å². The Bertz CT molecular complexity index is 256. The van der Waals surface area contributed by atoms with E-state index in [4.69, 9.17) is 4.74 Å². The van der Waals surface area contributed by atoms with Gasteiger partial charge in [-0.1, -0.05) is 12.2 Å². The van der Waals surface area contributed by atoms with Crippen LogP contribution in [0, 0.1) is 0 Å². The Kier molecular flexibility index (Phi) is 3.80. The van der Waals surface area contributed by atoms with Crippen LogP contribution in [-0.2, 0) is 0 Å². The van der Waals surface area contributed by atoms with Crippen LogP contribution in [0.3, 0.4) is 0 Å². The van der Waals surface area contributed by atoms with E-state index >= 15 is 0 Å². The topological polar surface area (TPSA) is 22.1 Å². The number of nitrogens with zero attached hydrogens (tertiary/aromatic N) is 1. The zero-order valence-corrected chi connectivity index (χ0v) is 8.41. The molecule has 0 fully saturated rings. The minimum absolute atomic E-state index is 0.597. The quantitative estimate of drug-likeness (QED) is 0.586. The standard InChI is InChI=1S/C9H10BrNO/c1-2-3-6-12-8-4-5-9(10)11-7-8/h2-5,7H,6H2,1H3/b3-2+. The molecule has 0 bridgehead atoms. The van der Waals surface area contributed by atoms with Gasteiger partial charge in [-0.25, -0.2) is 4.98 Å².